The van der Waals surface area contributed by atoms with E-state index in [4.69, 9.17) is 10.6 Å². The lowest BCUT2D eigenvalue weighted by atomic mass is 10.0. The third-order valence-electron chi connectivity index (χ3n) is 2.84. The van der Waals surface area contributed by atoms with E-state index in [1.807, 2.05) is 42.8 Å². The summed E-state index contributed by atoms with van der Waals surface area (Å²) in [5.74, 6) is 6.50. The van der Waals surface area contributed by atoms with Crippen molar-refractivity contribution in [3.8, 4) is 5.75 Å². The number of imidazole rings is 1. The average molecular weight is 246 g/mol. The normalized spacial score (nSPS) is 12.4. The number of nitrogens with two attached hydrogens (primary N) is 1. The molecule has 0 amide bonds. The van der Waals surface area contributed by atoms with Crippen molar-refractivity contribution in [1.29, 1.82) is 0 Å². The molecule has 3 N–H and O–H groups in total. The minimum atomic E-state index is -0.0758. The standard InChI is InChI=1S/C13H18N4O/c1-3-18-11-6-4-10(5-7-11)13(16-14)12-8-15-9-17(12)2/h4-9,13,16H,3,14H2,1-2H3. The number of hydrogen-bond donors (Lipinski definition) is 2. The maximum Gasteiger partial charge on any atom is 0.119 e. The first-order chi connectivity index (χ1) is 8.76. The molecule has 5 heteroatoms. The van der Waals surface area contributed by atoms with Gasteiger partial charge in [-0.15, -0.1) is 0 Å². The molecule has 0 radical (unpaired) electrons. The summed E-state index contributed by atoms with van der Waals surface area (Å²) in [6.07, 6.45) is 3.56. The molecule has 0 aliphatic heterocycles. The first kappa shape index (κ1) is 12.6. The van der Waals surface area contributed by atoms with Crippen molar-refractivity contribution < 1.29 is 4.74 Å². The number of rotatable bonds is 5. The van der Waals surface area contributed by atoms with E-state index in [-0.39, 0.29) is 6.04 Å². The SMILES string of the molecule is CCOc1ccc(C(NN)c2cncn2C)cc1. The van der Waals surface area contributed by atoms with E-state index in [0.717, 1.165) is 17.0 Å². The van der Waals surface area contributed by atoms with Crippen molar-refractivity contribution in [2.45, 2.75) is 13.0 Å². The molecular formula is C13H18N4O. The molecule has 1 aromatic carbocycles. The van der Waals surface area contributed by atoms with Crippen molar-refractivity contribution in [2.24, 2.45) is 12.9 Å². The molecule has 0 fully saturated rings. The highest BCUT2D eigenvalue weighted by atomic mass is 16.5. The van der Waals surface area contributed by atoms with Gasteiger partial charge >= 0.3 is 0 Å². The van der Waals surface area contributed by atoms with Gasteiger partial charge < -0.3 is 9.30 Å². The molecule has 96 valence electrons. The molecule has 5 nitrogen and oxygen atoms in total. The summed E-state index contributed by atoms with van der Waals surface area (Å²) in [4.78, 5) is 4.11. The lowest BCUT2D eigenvalue weighted by Crippen LogP contribution is -2.30. The zero-order valence-corrected chi connectivity index (χ0v) is 10.6. The molecule has 1 atom stereocenters. The van der Waals surface area contributed by atoms with Crippen LogP contribution in [0.15, 0.2) is 36.8 Å². The van der Waals surface area contributed by atoms with E-state index in [9.17, 15) is 0 Å². The van der Waals surface area contributed by atoms with Crippen molar-refractivity contribution in [3.05, 3.63) is 48.0 Å². The second kappa shape index (κ2) is 5.66. The zero-order valence-electron chi connectivity index (χ0n) is 10.6. The van der Waals surface area contributed by atoms with Crippen molar-refractivity contribution >= 4 is 0 Å². The summed E-state index contributed by atoms with van der Waals surface area (Å²) in [6.45, 7) is 2.63. The number of ether oxygens (including phenoxy) is 1. The number of hydrogen-bond acceptors (Lipinski definition) is 4. The largest absolute Gasteiger partial charge is 0.494 e. The second-order valence-electron chi connectivity index (χ2n) is 4.03. The first-order valence-corrected chi connectivity index (χ1v) is 5.91. The lowest BCUT2D eigenvalue weighted by Gasteiger charge is -2.17. The molecule has 1 heterocycles. The Morgan fingerprint density at radius 3 is 2.61 bits per heavy atom. The topological polar surface area (TPSA) is 65.1 Å². The third kappa shape index (κ3) is 2.52. The predicted molar refractivity (Wildman–Crippen MR) is 70.0 cm³/mol. The molecule has 0 saturated heterocycles. The fourth-order valence-corrected chi connectivity index (χ4v) is 1.92. The second-order valence-corrected chi connectivity index (χ2v) is 4.03. The molecule has 0 saturated carbocycles. The Labute approximate surface area is 107 Å². The molecule has 0 spiro atoms. The molecule has 2 aromatic rings. The highest BCUT2D eigenvalue weighted by Gasteiger charge is 2.15. The van der Waals surface area contributed by atoms with Gasteiger partial charge in [-0.05, 0) is 24.6 Å². The van der Waals surface area contributed by atoms with Crippen LogP contribution in [0.25, 0.3) is 0 Å². The Bertz CT molecular complexity index is 492. The quantitative estimate of drug-likeness (QED) is 0.618. The molecule has 2 rings (SSSR count). The molecule has 0 bridgehead atoms. The lowest BCUT2D eigenvalue weighted by molar-refractivity contribution is 0.340. The van der Waals surface area contributed by atoms with Crippen LogP contribution >= 0.6 is 0 Å². The highest BCUT2D eigenvalue weighted by molar-refractivity contribution is 5.32. The Kier molecular flexibility index (Phi) is 3.96. The van der Waals surface area contributed by atoms with Gasteiger partial charge in [0.25, 0.3) is 0 Å². The number of nitrogens with zero attached hydrogens (tertiary/aromatic N) is 2. The predicted octanol–water partition coefficient (Wildman–Crippen LogP) is 1.37. The van der Waals surface area contributed by atoms with Gasteiger partial charge in [-0.25, -0.2) is 10.4 Å². The Morgan fingerprint density at radius 1 is 1.39 bits per heavy atom. The smallest absolute Gasteiger partial charge is 0.119 e. The van der Waals surface area contributed by atoms with Crippen molar-refractivity contribution in [1.82, 2.24) is 15.0 Å². The van der Waals surface area contributed by atoms with Crippen LogP contribution in [0.5, 0.6) is 5.75 Å². The van der Waals surface area contributed by atoms with Gasteiger partial charge in [-0.1, -0.05) is 12.1 Å². The monoisotopic (exact) mass is 246 g/mol. The molecule has 18 heavy (non-hydrogen) atoms. The highest BCUT2D eigenvalue weighted by Crippen LogP contribution is 2.22. The van der Waals surface area contributed by atoms with E-state index in [2.05, 4.69) is 10.4 Å². The first-order valence-electron chi connectivity index (χ1n) is 5.91. The summed E-state index contributed by atoms with van der Waals surface area (Å²) < 4.78 is 7.36. The number of nitrogens with one attached hydrogen (secondary N) is 1. The van der Waals surface area contributed by atoms with Gasteiger partial charge in [0.2, 0.25) is 0 Å². The summed E-state index contributed by atoms with van der Waals surface area (Å²) in [6, 6.07) is 7.82. The van der Waals surface area contributed by atoms with Gasteiger partial charge in [0.05, 0.1) is 30.9 Å². The Morgan fingerprint density at radius 2 is 2.11 bits per heavy atom. The number of hydrazine groups is 1. The van der Waals surface area contributed by atoms with Gasteiger partial charge in [0.15, 0.2) is 0 Å². The van der Waals surface area contributed by atoms with Crippen LogP contribution in [0.4, 0.5) is 0 Å². The van der Waals surface area contributed by atoms with E-state index >= 15 is 0 Å². The number of benzene rings is 1. The third-order valence-corrected chi connectivity index (χ3v) is 2.84. The van der Waals surface area contributed by atoms with Crippen LogP contribution in [-0.2, 0) is 7.05 Å². The fraction of sp³-hybridized carbons (Fsp3) is 0.308. The summed E-state index contributed by atoms with van der Waals surface area (Å²) >= 11 is 0. The van der Waals surface area contributed by atoms with Gasteiger partial charge in [0.1, 0.15) is 5.75 Å². The maximum atomic E-state index is 5.64. The molecule has 0 aliphatic carbocycles. The fourth-order valence-electron chi connectivity index (χ4n) is 1.92. The van der Waals surface area contributed by atoms with E-state index < -0.39 is 0 Å². The number of aryl methyl sites for hydroxylation is 1. The maximum absolute atomic E-state index is 5.64. The van der Waals surface area contributed by atoms with Gasteiger partial charge in [-0.2, -0.15) is 0 Å². The summed E-state index contributed by atoms with van der Waals surface area (Å²) in [7, 11) is 1.95. The van der Waals surface area contributed by atoms with Crippen LogP contribution in [0.1, 0.15) is 24.2 Å². The van der Waals surface area contributed by atoms with Gasteiger partial charge in [-0.3, -0.25) is 5.84 Å². The van der Waals surface area contributed by atoms with E-state index in [0.29, 0.717) is 6.61 Å². The van der Waals surface area contributed by atoms with Gasteiger partial charge in [0, 0.05) is 7.05 Å². The van der Waals surface area contributed by atoms with E-state index in [1.54, 1.807) is 12.5 Å². The number of aromatic nitrogens is 2. The molecule has 1 aromatic heterocycles. The van der Waals surface area contributed by atoms with Crippen LogP contribution in [0.2, 0.25) is 0 Å². The summed E-state index contributed by atoms with van der Waals surface area (Å²) in [5.41, 5.74) is 4.90. The molecule has 0 aliphatic rings. The molecular weight excluding hydrogens is 228 g/mol. The van der Waals surface area contributed by atoms with Crippen LogP contribution in [-0.4, -0.2) is 16.2 Å². The Balaban J connectivity index is 2.25. The van der Waals surface area contributed by atoms with Crippen LogP contribution in [0.3, 0.4) is 0 Å². The summed E-state index contributed by atoms with van der Waals surface area (Å²) in [5, 5.41) is 0. The van der Waals surface area contributed by atoms with Crippen LogP contribution < -0.4 is 16.0 Å². The van der Waals surface area contributed by atoms with Crippen LogP contribution in [0, 0.1) is 0 Å². The minimum Gasteiger partial charge on any atom is -0.494 e. The van der Waals surface area contributed by atoms with E-state index in [1.165, 1.54) is 0 Å². The zero-order chi connectivity index (χ0) is 13.0. The van der Waals surface area contributed by atoms with Crippen molar-refractivity contribution in [2.75, 3.05) is 6.61 Å². The average Bonchev–Trinajstić information content (AvgIpc) is 2.79. The molecule has 1 unspecified atom stereocenters. The Hall–Kier alpha value is -1.85. The minimum absolute atomic E-state index is 0.0758. The van der Waals surface area contributed by atoms with Crippen molar-refractivity contribution in [3.63, 3.8) is 0 Å².